The van der Waals surface area contributed by atoms with Crippen molar-refractivity contribution in [1.29, 1.82) is 0 Å². The third-order valence-electron chi connectivity index (χ3n) is 3.87. The fourth-order valence-electron chi connectivity index (χ4n) is 2.29. The largest absolute Gasteiger partial charge is 0.493 e. The molecule has 4 nitrogen and oxygen atoms in total. The summed E-state index contributed by atoms with van der Waals surface area (Å²) in [6.07, 6.45) is 2.02. The third kappa shape index (κ3) is 6.12. The molecule has 1 aromatic rings. The van der Waals surface area contributed by atoms with E-state index >= 15 is 0 Å². The number of carbonyl (C=O) groups is 1. The molecule has 0 saturated carbocycles. The molecule has 130 valence electrons. The lowest BCUT2D eigenvalue weighted by molar-refractivity contribution is 0.0740. The molecule has 1 aromatic carbocycles. The van der Waals surface area contributed by atoms with Crippen molar-refractivity contribution >= 4 is 5.91 Å². The fourth-order valence-corrected chi connectivity index (χ4v) is 2.29. The summed E-state index contributed by atoms with van der Waals surface area (Å²) >= 11 is 0. The van der Waals surface area contributed by atoms with Crippen LogP contribution in [0.15, 0.2) is 18.2 Å². The summed E-state index contributed by atoms with van der Waals surface area (Å²) in [4.78, 5) is 14.8. The van der Waals surface area contributed by atoms with E-state index in [-0.39, 0.29) is 5.91 Å². The van der Waals surface area contributed by atoms with Crippen LogP contribution >= 0.6 is 0 Å². The van der Waals surface area contributed by atoms with E-state index in [2.05, 4.69) is 27.7 Å². The summed E-state index contributed by atoms with van der Waals surface area (Å²) < 4.78 is 10.5. The Labute approximate surface area is 140 Å². The van der Waals surface area contributed by atoms with E-state index < -0.39 is 0 Å². The second kappa shape index (κ2) is 9.43. The molecule has 1 rings (SSSR count). The van der Waals surface area contributed by atoms with Gasteiger partial charge in [0.1, 0.15) is 0 Å². The zero-order chi connectivity index (χ0) is 17.4. The first kappa shape index (κ1) is 19.3. The van der Waals surface area contributed by atoms with Crippen LogP contribution in [0.5, 0.6) is 11.5 Å². The first-order valence-electron chi connectivity index (χ1n) is 8.40. The fraction of sp³-hybridized carbons (Fsp3) is 0.632. The molecule has 0 aliphatic carbocycles. The van der Waals surface area contributed by atoms with E-state index in [4.69, 9.17) is 9.47 Å². The average molecular weight is 321 g/mol. The van der Waals surface area contributed by atoms with Crippen molar-refractivity contribution < 1.29 is 14.3 Å². The molecule has 0 radical (unpaired) electrons. The minimum absolute atomic E-state index is 0.0623. The zero-order valence-electron chi connectivity index (χ0n) is 15.4. The van der Waals surface area contributed by atoms with Gasteiger partial charge in [-0.05, 0) is 42.9 Å². The maximum absolute atomic E-state index is 12.9. The quantitative estimate of drug-likeness (QED) is 0.683. The Kier molecular flexibility index (Phi) is 7.93. The Hall–Kier alpha value is -1.71. The van der Waals surface area contributed by atoms with Crippen molar-refractivity contribution in [2.75, 3.05) is 27.3 Å². The second-order valence-corrected chi connectivity index (χ2v) is 6.73. The predicted molar refractivity (Wildman–Crippen MR) is 94.4 cm³/mol. The van der Waals surface area contributed by atoms with E-state index in [1.165, 1.54) is 0 Å². The number of rotatable bonds is 9. The lowest BCUT2D eigenvalue weighted by Gasteiger charge is -2.25. The zero-order valence-corrected chi connectivity index (χ0v) is 15.4. The Morgan fingerprint density at radius 3 is 1.91 bits per heavy atom. The van der Waals surface area contributed by atoms with E-state index in [0.29, 0.717) is 28.9 Å². The first-order chi connectivity index (χ1) is 10.9. The van der Waals surface area contributed by atoms with Gasteiger partial charge >= 0.3 is 0 Å². The molecule has 4 heteroatoms. The van der Waals surface area contributed by atoms with Gasteiger partial charge < -0.3 is 14.4 Å². The molecule has 0 bridgehead atoms. The van der Waals surface area contributed by atoms with Crippen LogP contribution in [0.2, 0.25) is 0 Å². The van der Waals surface area contributed by atoms with Gasteiger partial charge in [-0.1, -0.05) is 27.7 Å². The SMILES string of the molecule is COc1ccc(C(=O)N(CCC(C)C)CCC(C)C)cc1OC. The van der Waals surface area contributed by atoms with Crippen molar-refractivity contribution in [1.82, 2.24) is 4.90 Å². The van der Waals surface area contributed by atoms with Crippen molar-refractivity contribution in [2.45, 2.75) is 40.5 Å². The third-order valence-corrected chi connectivity index (χ3v) is 3.87. The molecule has 0 aliphatic heterocycles. The standard InChI is InChI=1S/C19H31NO3/c1-14(2)9-11-20(12-10-15(3)4)19(21)16-7-8-17(22-5)18(13-16)23-6/h7-8,13-15H,9-12H2,1-6H3. The Bertz CT molecular complexity index is 485. The van der Waals surface area contributed by atoms with Gasteiger partial charge in [-0.2, -0.15) is 0 Å². The van der Waals surface area contributed by atoms with Gasteiger partial charge in [-0.25, -0.2) is 0 Å². The topological polar surface area (TPSA) is 38.8 Å². The maximum Gasteiger partial charge on any atom is 0.253 e. The Morgan fingerprint density at radius 2 is 1.48 bits per heavy atom. The van der Waals surface area contributed by atoms with Gasteiger partial charge in [-0.15, -0.1) is 0 Å². The van der Waals surface area contributed by atoms with Crippen LogP contribution in [0.1, 0.15) is 50.9 Å². The van der Waals surface area contributed by atoms with E-state index in [9.17, 15) is 4.79 Å². The summed E-state index contributed by atoms with van der Waals surface area (Å²) in [6.45, 7) is 10.3. The average Bonchev–Trinajstić information content (AvgIpc) is 2.53. The maximum atomic E-state index is 12.9. The van der Waals surface area contributed by atoms with Gasteiger partial charge in [0.05, 0.1) is 14.2 Å². The molecule has 0 spiro atoms. The van der Waals surface area contributed by atoms with E-state index in [1.807, 2.05) is 4.90 Å². The first-order valence-corrected chi connectivity index (χ1v) is 8.40. The van der Waals surface area contributed by atoms with Crippen LogP contribution in [-0.2, 0) is 0 Å². The summed E-state index contributed by atoms with van der Waals surface area (Å²) in [7, 11) is 3.18. The highest BCUT2D eigenvalue weighted by Crippen LogP contribution is 2.28. The van der Waals surface area contributed by atoms with Gasteiger partial charge in [0, 0.05) is 18.7 Å². The second-order valence-electron chi connectivity index (χ2n) is 6.73. The number of nitrogens with zero attached hydrogens (tertiary/aromatic N) is 1. The van der Waals surface area contributed by atoms with Crippen LogP contribution in [-0.4, -0.2) is 38.1 Å². The molecule has 0 N–H and O–H groups in total. The molecule has 0 heterocycles. The Morgan fingerprint density at radius 1 is 0.957 bits per heavy atom. The minimum atomic E-state index is 0.0623. The van der Waals surface area contributed by atoms with Crippen molar-refractivity contribution in [3.05, 3.63) is 23.8 Å². The summed E-state index contributed by atoms with van der Waals surface area (Å²) in [5.74, 6) is 2.45. The highest BCUT2D eigenvalue weighted by Gasteiger charge is 2.18. The lowest BCUT2D eigenvalue weighted by Crippen LogP contribution is -2.34. The minimum Gasteiger partial charge on any atom is -0.493 e. The summed E-state index contributed by atoms with van der Waals surface area (Å²) in [5, 5.41) is 0. The number of ether oxygens (including phenoxy) is 2. The molecule has 0 aromatic heterocycles. The highest BCUT2D eigenvalue weighted by atomic mass is 16.5. The molecular formula is C19H31NO3. The monoisotopic (exact) mass is 321 g/mol. The molecule has 0 unspecified atom stereocenters. The lowest BCUT2D eigenvalue weighted by atomic mass is 10.1. The molecule has 0 saturated heterocycles. The number of carbonyl (C=O) groups excluding carboxylic acids is 1. The van der Waals surface area contributed by atoms with Crippen LogP contribution in [0, 0.1) is 11.8 Å². The summed E-state index contributed by atoms with van der Waals surface area (Å²) in [5.41, 5.74) is 0.648. The molecule has 0 aliphatic rings. The van der Waals surface area contributed by atoms with E-state index in [0.717, 1.165) is 25.9 Å². The van der Waals surface area contributed by atoms with Crippen LogP contribution in [0.25, 0.3) is 0 Å². The van der Waals surface area contributed by atoms with Crippen LogP contribution < -0.4 is 9.47 Å². The van der Waals surface area contributed by atoms with Gasteiger partial charge in [0.25, 0.3) is 5.91 Å². The van der Waals surface area contributed by atoms with Crippen molar-refractivity contribution in [3.63, 3.8) is 0 Å². The summed E-state index contributed by atoms with van der Waals surface area (Å²) in [6, 6.07) is 5.36. The number of hydrogen-bond acceptors (Lipinski definition) is 3. The Balaban J connectivity index is 2.93. The molecule has 1 amide bonds. The number of amides is 1. The van der Waals surface area contributed by atoms with Crippen molar-refractivity contribution in [2.24, 2.45) is 11.8 Å². The van der Waals surface area contributed by atoms with E-state index in [1.54, 1.807) is 32.4 Å². The molecule has 0 fully saturated rings. The number of benzene rings is 1. The normalized spacial score (nSPS) is 11.0. The highest BCUT2D eigenvalue weighted by molar-refractivity contribution is 5.95. The smallest absolute Gasteiger partial charge is 0.253 e. The van der Waals surface area contributed by atoms with Crippen LogP contribution in [0.4, 0.5) is 0 Å². The predicted octanol–water partition coefficient (Wildman–Crippen LogP) is 4.24. The van der Waals surface area contributed by atoms with Crippen LogP contribution in [0.3, 0.4) is 0 Å². The molecule has 0 atom stereocenters. The number of methoxy groups -OCH3 is 2. The van der Waals surface area contributed by atoms with Gasteiger partial charge in [0.15, 0.2) is 11.5 Å². The van der Waals surface area contributed by atoms with Crippen molar-refractivity contribution in [3.8, 4) is 11.5 Å². The molecule has 23 heavy (non-hydrogen) atoms. The van der Waals surface area contributed by atoms with Gasteiger partial charge in [-0.3, -0.25) is 4.79 Å². The molecular weight excluding hydrogens is 290 g/mol. The number of hydrogen-bond donors (Lipinski definition) is 0. The van der Waals surface area contributed by atoms with Gasteiger partial charge in [0.2, 0.25) is 0 Å².